The molecule has 0 aliphatic heterocycles. The molecule has 15 heavy (non-hydrogen) atoms. The summed E-state index contributed by atoms with van der Waals surface area (Å²) in [5.74, 6) is -0.448. The van der Waals surface area contributed by atoms with Gasteiger partial charge in [-0.25, -0.2) is 4.79 Å². The Morgan fingerprint density at radius 1 is 1.20 bits per heavy atom. The summed E-state index contributed by atoms with van der Waals surface area (Å²) >= 11 is 16.0. The first-order chi connectivity index (χ1) is 6.91. The van der Waals surface area contributed by atoms with Gasteiger partial charge in [-0.05, 0) is 60.3 Å². The van der Waals surface area contributed by atoms with Crippen molar-refractivity contribution in [3.8, 4) is 0 Å². The summed E-state index contributed by atoms with van der Waals surface area (Å²) in [7, 11) is 1.32. The molecule has 6 heteroatoms. The van der Waals surface area contributed by atoms with Crippen molar-refractivity contribution in [3.63, 3.8) is 0 Å². The molecule has 0 amide bonds. The maximum atomic E-state index is 11.5. The highest BCUT2D eigenvalue weighted by Gasteiger charge is 2.22. The molecule has 0 N–H and O–H groups in total. The van der Waals surface area contributed by atoms with Crippen molar-refractivity contribution in [2.24, 2.45) is 0 Å². The Labute approximate surface area is 118 Å². The molecule has 82 valence electrons. The zero-order chi connectivity index (χ0) is 11.7. The van der Waals surface area contributed by atoms with Crippen LogP contribution in [-0.4, -0.2) is 13.1 Å². The van der Waals surface area contributed by atoms with E-state index >= 15 is 0 Å². The molecular weight excluding hydrogens is 415 g/mol. The lowest BCUT2D eigenvalue weighted by molar-refractivity contribution is 0.0598. The maximum absolute atomic E-state index is 11.5. The van der Waals surface area contributed by atoms with Gasteiger partial charge in [-0.2, -0.15) is 0 Å². The molecule has 0 spiro atoms. The molecule has 0 fully saturated rings. The van der Waals surface area contributed by atoms with Crippen LogP contribution in [0.1, 0.15) is 15.9 Å². The van der Waals surface area contributed by atoms with Crippen LogP contribution in [-0.2, 0) is 4.74 Å². The van der Waals surface area contributed by atoms with Gasteiger partial charge in [0.15, 0.2) is 0 Å². The predicted molar refractivity (Wildman–Crippen MR) is 70.6 cm³/mol. The SMILES string of the molecule is COC(=O)c1c(Br)c(Cl)c(C)c(Br)c1Br. The number of carbonyl (C=O) groups excluding carboxylic acids is 1. The summed E-state index contributed by atoms with van der Waals surface area (Å²) < 4.78 is 6.57. The molecule has 0 aliphatic carbocycles. The first-order valence-corrected chi connectivity index (χ1v) is 6.58. The van der Waals surface area contributed by atoms with E-state index < -0.39 is 5.97 Å². The van der Waals surface area contributed by atoms with E-state index in [0.717, 1.165) is 10.0 Å². The molecule has 0 radical (unpaired) electrons. The van der Waals surface area contributed by atoms with E-state index in [9.17, 15) is 4.79 Å². The van der Waals surface area contributed by atoms with Crippen molar-refractivity contribution in [2.45, 2.75) is 6.92 Å². The average Bonchev–Trinajstić information content (AvgIpc) is 2.23. The van der Waals surface area contributed by atoms with E-state index in [0.29, 0.717) is 19.5 Å². The number of esters is 1. The highest BCUT2D eigenvalue weighted by atomic mass is 79.9. The van der Waals surface area contributed by atoms with E-state index in [2.05, 4.69) is 52.5 Å². The Kier molecular flexibility index (Phi) is 4.64. The summed E-state index contributed by atoms with van der Waals surface area (Å²) in [5.41, 5.74) is 1.23. The van der Waals surface area contributed by atoms with Crippen LogP contribution in [0.3, 0.4) is 0 Å². The number of ether oxygens (including phenoxy) is 1. The molecule has 0 unspecified atom stereocenters. The molecule has 0 saturated heterocycles. The number of methoxy groups -OCH3 is 1. The van der Waals surface area contributed by atoms with Crippen molar-refractivity contribution in [3.05, 3.63) is 29.6 Å². The average molecular weight is 421 g/mol. The molecule has 0 bridgehead atoms. The lowest BCUT2D eigenvalue weighted by Crippen LogP contribution is -2.05. The zero-order valence-electron chi connectivity index (χ0n) is 7.83. The fourth-order valence-corrected chi connectivity index (χ4v) is 3.30. The molecule has 1 aromatic rings. The number of carbonyl (C=O) groups is 1. The third-order valence-corrected chi connectivity index (χ3v) is 5.68. The van der Waals surface area contributed by atoms with Crippen LogP contribution in [0.2, 0.25) is 5.02 Å². The molecule has 0 aliphatic rings. The van der Waals surface area contributed by atoms with Crippen molar-refractivity contribution in [1.82, 2.24) is 0 Å². The van der Waals surface area contributed by atoms with Gasteiger partial charge < -0.3 is 4.74 Å². The molecule has 0 heterocycles. The standard InChI is InChI=1S/C9H6Br3ClO2/c1-3-5(10)6(11)4(9(14)15-2)7(12)8(3)13/h1-2H3. The molecule has 0 atom stereocenters. The van der Waals surface area contributed by atoms with E-state index in [-0.39, 0.29) is 0 Å². The maximum Gasteiger partial charge on any atom is 0.340 e. The Morgan fingerprint density at radius 3 is 2.20 bits per heavy atom. The lowest BCUT2D eigenvalue weighted by Gasteiger charge is -2.12. The van der Waals surface area contributed by atoms with E-state index in [1.165, 1.54) is 7.11 Å². The highest BCUT2D eigenvalue weighted by molar-refractivity contribution is 9.13. The minimum atomic E-state index is -0.448. The Hall–Kier alpha value is 0.420. The van der Waals surface area contributed by atoms with Crippen LogP contribution in [0.5, 0.6) is 0 Å². The van der Waals surface area contributed by atoms with Gasteiger partial charge in [0.25, 0.3) is 0 Å². The van der Waals surface area contributed by atoms with E-state index in [1.54, 1.807) is 0 Å². The normalized spacial score (nSPS) is 10.3. The molecule has 0 aromatic heterocycles. The summed E-state index contributed by atoms with van der Waals surface area (Å²) in [4.78, 5) is 11.5. The number of benzene rings is 1. The van der Waals surface area contributed by atoms with Crippen LogP contribution < -0.4 is 0 Å². The van der Waals surface area contributed by atoms with Crippen LogP contribution >= 0.6 is 59.4 Å². The zero-order valence-corrected chi connectivity index (χ0v) is 13.3. The van der Waals surface area contributed by atoms with Crippen molar-refractivity contribution in [2.75, 3.05) is 7.11 Å². The summed E-state index contributed by atoms with van der Waals surface area (Å²) in [6.45, 7) is 1.85. The predicted octanol–water partition coefficient (Wildman–Crippen LogP) is 4.72. The van der Waals surface area contributed by atoms with Gasteiger partial charge in [0.05, 0.1) is 22.2 Å². The van der Waals surface area contributed by atoms with Gasteiger partial charge in [-0.15, -0.1) is 0 Å². The summed E-state index contributed by atoms with van der Waals surface area (Å²) in [6.07, 6.45) is 0. The van der Waals surface area contributed by atoms with Crippen LogP contribution in [0.4, 0.5) is 0 Å². The van der Waals surface area contributed by atoms with Crippen molar-refractivity contribution < 1.29 is 9.53 Å². The summed E-state index contributed by atoms with van der Waals surface area (Å²) in [5, 5.41) is 0.491. The number of rotatable bonds is 1. The minimum Gasteiger partial charge on any atom is -0.465 e. The fraction of sp³-hybridized carbons (Fsp3) is 0.222. The lowest BCUT2D eigenvalue weighted by atomic mass is 10.1. The second kappa shape index (κ2) is 5.17. The third-order valence-electron chi connectivity index (χ3n) is 1.87. The van der Waals surface area contributed by atoms with Crippen molar-refractivity contribution >= 4 is 65.4 Å². The first kappa shape index (κ1) is 13.5. The minimum absolute atomic E-state index is 0.375. The Balaban J connectivity index is 3.60. The number of halogens is 4. The first-order valence-electron chi connectivity index (χ1n) is 3.82. The quantitative estimate of drug-likeness (QED) is 0.485. The molecule has 1 rings (SSSR count). The van der Waals surface area contributed by atoms with Crippen LogP contribution in [0.25, 0.3) is 0 Å². The topological polar surface area (TPSA) is 26.3 Å². The largest absolute Gasteiger partial charge is 0.465 e. The Bertz CT molecular complexity index is 403. The third kappa shape index (κ3) is 2.40. The summed E-state index contributed by atoms with van der Waals surface area (Å²) in [6, 6.07) is 0. The Morgan fingerprint density at radius 2 is 1.73 bits per heavy atom. The number of hydrogen-bond acceptors (Lipinski definition) is 2. The van der Waals surface area contributed by atoms with Gasteiger partial charge in [0, 0.05) is 8.95 Å². The second-order valence-electron chi connectivity index (χ2n) is 2.75. The molecule has 0 saturated carbocycles. The number of hydrogen-bond donors (Lipinski definition) is 0. The van der Waals surface area contributed by atoms with E-state index in [1.807, 2.05) is 6.92 Å². The van der Waals surface area contributed by atoms with E-state index in [4.69, 9.17) is 11.6 Å². The smallest absolute Gasteiger partial charge is 0.340 e. The van der Waals surface area contributed by atoms with Gasteiger partial charge in [-0.1, -0.05) is 11.6 Å². The van der Waals surface area contributed by atoms with Gasteiger partial charge in [0.2, 0.25) is 0 Å². The van der Waals surface area contributed by atoms with Crippen LogP contribution in [0.15, 0.2) is 13.4 Å². The fourth-order valence-electron chi connectivity index (χ4n) is 1.02. The van der Waals surface area contributed by atoms with Crippen LogP contribution in [0, 0.1) is 6.92 Å². The molecule has 1 aromatic carbocycles. The molecular formula is C9H6Br3ClO2. The monoisotopic (exact) mass is 418 g/mol. The van der Waals surface area contributed by atoms with Gasteiger partial charge in [-0.3, -0.25) is 0 Å². The highest BCUT2D eigenvalue weighted by Crippen LogP contribution is 2.41. The van der Waals surface area contributed by atoms with Gasteiger partial charge in [0.1, 0.15) is 0 Å². The van der Waals surface area contributed by atoms with Gasteiger partial charge >= 0.3 is 5.97 Å². The molecule has 2 nitrogen and oxygen atoms in total. The van der Waals surface area contributed by atoms with Crippen molar-refractivity contribution in [1.29, 1.82) is 0 Å². The second-order valence-corrected chi connectivity index (χ2v) is 5.50.